The van der Waals surface area contributed by atoms with Gasteiger partial charge in [-0.15, -0.1) is 0 Å². The van der Waals surface area contributed by atoms with Crippen LogP contribution in [0.2, 0.25) is 5.15 Å². The molecule has 0 aliphatic heterocycles. The monoisotopic (exact) mass is 285 g/mol. The van der Waals surface area contributed by atoms with Crippen molar-refractivity contribution in [2.75, 3.05) is 11.4 Å². The third-order valence-electron chi connectivity index (χ3n) is 3.16. The van der Waals surface area contributed by atoms with Crippen molar-refractivity contribution in [2.45, 2.75) is 46.1 Å². The minimum Gasteiger partial charge on any atom is -0.348 e. The maximum Gasteiger partial charge on any atom is 0.311 e. The molecule has 0 saturated carbocycles. The van der Waals surface area contributed by atoms with Crippen LogP contribution in [-0.2, 0) is 0 Å². The number of rotatable bonds is 7. The highest BCUT2D eigenvalue weighted by molar-refractivity contribution is 6.29. The van der Waals surface area contributed by atoms with E-state index in [4.69, 9.17) is 11.6 Å². The first-order chi connectivity index (χ1) is 9.01. The summed E-state index contributed by atoms with van der Waals surface area (Å²) in [5.41, 5.74) is 0.0146. The van der Waals surface area contributed by atoms with Crippen molar-refractivity contribution in [1.29, 1.82) is 0 Å². The lowest BCUT2D eigenvalue weighted by atomic mass is 10.2. The van der Waals surface area contributed by atoms with Gasteiger partial charge >= 0.3 is 5.69 Å². The molecule has 0 aliphatic carbocycles. The van der Waals surface area contributed by atoms with Crippen LogP contribution in [-0.4, -0.2) is 22.5 Å². The Hall–Kier alpha value is -1.36. The molecular weight excluding hydrogens is 266 g/mol. The van der Waals surface area contributed by atoms with Crippen LogP contribution in [0.1, 0.15) is 40.0 Å². The van der Waals surface area contributed by atoms with Gasteiger partial charge in [0.1, 0.15) is 5.15 Å². The van der Waals surface area contributed by atoms with Crippen molar-refractivity contribution >= 4 is 23.1 Å². The Bertz CT molecular complexity index is 440. The van der Waals surface area contributed by atoms with Crippen LogP contribution in [0.4, 0.5) is 11.5 Å². The van der Waals surface area contributed by atoms with Crippen LogP contribution in [0.25, 0.3) is 0 Å². The number of nitrogens with zero attached hydrogens (tertiary/aromatic N) is 3. The van der Waals surface area contributed by atoms with Gasteiger partial charge in [-0.3, -0.25) is 10.1 Å². The number of pyridine rings is 1. The van der Waals surface area contributed by atoms with Crippen molar-refractivity contribution in [3.63, 3.8) is 0 Å². The minimum atomic E-state index is -0.403. The highest BCUT2D eigenvalue weighted by Gasteiger charge is 2.24. The van der Waals surface area contributed by atoms with Gasteiger partial charge in [0.05, 0.1) is 4.92 Å². The fourth-order valence-electron chi connectivity index (χ4n) is 1.86. The molecule has 1 heterocycles. The molecular formula is C13H20ClN3O2. The van der Waals surface area contributed by atoms with Gasteiger partial charge in [0.25, 0.3) is 0 Å². The zero-order valence-corrected chi connectivity index (χ0v) is 12.4. The minimum absolute atomic E-state index is 0.0146. The second-order valence-electron chi connectivity index (χ2n) is 4.54. The summed E-state index contributed by atoms with van der Waals surface area (Å²) in [5.74, 6) is 0.375. The molecule has 0 aliphatic rings. The second-order valence-corrected chi connectivity index (χ2v) is 4.93. The summed E-state index contributed by atoms with van der Waals surface area (Å²) in [4.78, 5) is 16.9. The van der Waals surface area contributed by atoms with E-state index in [1.165, 1.54) is 12.1 Å². The molecule has 0 amide bonds. The van der Waals surface area contributed by atoms with Crippen LogP contribution in [0.5, 0.6) is 0 Å². The summed E-state index contributed by atoms with van der Waals surface area (Å²) in [6, 6.07) is 3.07. The summed E-state index contributed by atoms with van der Waals surface area (Å²) in [5, 5.41) is 11.4. The lowest BCUT2D eigenvalue weighted by Crippen LogP contribution is -2.34. The van der Waals surface area contributed by atoms with E-state index in [0.29, 0.717) is 5.82 Å². The highest BCUT2D eigenvalue weighted by atomic mass is 35.5. The molecule has 1 atom stereocenters. The van der Waals surface area contributed by atoms with Crippen molar-refractivity contribution in [2.24, 2.45) is 0 Å². The molecule has 1 aromatic heterocycles. The number of nitro groups is 1. The summed E-state index contributed by atoms with van der Waals surface area (Å²) in [6.07, 6.45) is 2.89. The van der Waals surface area contributed by atoms with Gasteiger partial charge in [0.2, 0.25) is 5.82 Å². The van der Waals surface area contributed by atoms with E-state index < -0.39 is 4.92 Å². The maximum atomic E-state index is 11.1. The van der Waals surface area contributed by atoms with E-state index in [0.717, 1.165) is 25.8 Å². The molecule has 0 saturated heterocycles. The van der Waals surface area contributed by atoms with Crippen LogP contribution in [0.15, 0.2) is 12.1 Å². The quantitative estimate of drug-likeness (QED) is 0.431. The molecule has 106 valence electrons. The van der Waals surface area contributed by atoms with Crippen LogP contribution >= 0.6 is 11.6 Å². The number of hydrogen-bond donors (Lipinski definition) is 0. The molecule has 0 bridgehead atoms. The largest absolute Gasteiger partial charge is 0.348 e. The number of halogens is 1. The molecule has 0 radical (unpaired) electrons. The number of aromatic nitrogens is 1. The third-order valence-corrected chi connectivity index (χ3v) is 3.38. The Morgan fingerprint density at radius 2 is 2.16 bits per heavy atom. The SMILES string of the molecule is CCCCN(c1nc(Cl)ccc1[N+](=O)[O-])C(C)CC. The molecule has 1 unspecified atom stereocenters. The first kappa shape index (κ1) is 15.7. The molecule has 0 N–H and O–H groups in total. The zero-order chi connectivity index (χ0) is 14.4. The van der Waals surface area contributed by atoms with E-state index in [1.807, 2.05) is 11.8 Å². The first-order valence-corrected chi connectivity index (χ1v) is 6.96. The molecule has 0 fully saturated rings. The molecule has 6 heteroatoms. The van der Waals surface area contributed by atoms with E-state index in [-0.39, 0.29) is 16.9 Å². The molecule has 0 aromatic carbocycles. The maximum absolute atomic E-state index is 11.1. The Labute approximate surface area is 118 Å². The van der Waals surface area contributed by atoms with Crippen LogP contribution in [0.3, 0.4) is 0 Å². The Morgan fingerprint density at radius 1 is 1.47 bits per heavy atom. The average Bonchev–Trinajstić information content (AvgIpc) is 2.38. The van der Waals surface area contributed by atoms with Crippen molar-refractivity contribution in [3.05, 3.63) is 27.4 Å². The summed E-state index contributed by atoms with van der Waals surface area (Å²) < 4.78 is 0. The van der Waals surface area contributed by atoms with Crippen LogP contribution in [0, 0.1) is 10.1 Å². The van der Waals surface area contributed by atoms with Gasteiger partial charge in [-0.1, -0.05) is 31.9 Å². The summed E-state index contributed by atoms with van der Waals surface area (Å²) in [7, 11) is 0. The third kappa shape index (κ3) is 4.06. The fourth-order valence-corrected chi connectivity index (χ4v) is 2.00. The zero-order valence-electron chi connectivity index (χ0n) is 11.6. The second kappa shape index (κ2) is 7.28. The summed E-state index contributed by atoms with van der Waals surface area (Å²) >= 11 is 5.89. The first-order valence-electron chi connectivity index (χ1n) is 6.58. The van der Waals surface area contributed by atoms with Crippen molar-refractivity contribution in [3.8, 4) is 0 Å². The standard InChI is InChI=1S/C13H20ClN3O2/c1-4-6-9-16(10(3)5-2)13-11(17(18)19)7-8-12(14)15-13/h7-8,10H,4-6,9H2,1-3H3. The molecule has 1 rings (SSSR count). The van der Waals surface area contributed by atoms with Gasteiger partial charge in [-0.2, -0.15) is 0 Å². The predicted molar refractivity (Wildman–Crippen MR) is 77.9 cm³/mol. The smallest absolute Gasteiger partial charge is 0.311 e. The lowest BCUT2D eigenvalue weighted by Gasteiger charge is -2.29. The molecule has 19 heavy (non-hydrogen) atoms. The summed E-state index contributed by atoms with van der Waals surface area (Å²) in [6.45, 7) is 6.94. The van der Waals surface area contributed by atoms with E-state index >= 15 is 0 Å². The van der Waals surface area contributed by atoms with Gasteiger partial charge < -0.3 is 4.90 Å². The van der Waals surface area contributed by atoms with Gasteiger partial charge in [0.15, 0.2) is 0 Å². The number of anilines is 1. The topological polar surface area (TPSA) is 59.3 Å². The van der Waals surface area contributed by atoms with Gasteiger partial charge in [-0.25, -0.2) is 4.98 Å². The highest BCUT2D eigenvalue weighted by Crippen LogP contribution is 2.29. The van der Waals surface area contributed by atoms with E-state index in [1.54, 1.807) is 0 Å². The predicted octanol–water partition coefficient (Wildman–Crippen LogP) is 4.05. The average molecular weight is 286 g/mol. The van der Waals surface area contributed by atoms with E-state index in [9.17, 15) is 10.1 Å². The lowest BCUT2D eigenvalue weighted by molar-refractivity contribution is -0.384. The van der Waals surface area contributed by atoms with E-state index in [2.05, 4.69) is 18.8 Å². The van der Waals surface area contributed by atoms with Crippen LogP contribution < -0.4 is 4.90 Å². The van der Waals surface area contributed by atoms with Crippen molar-refractivity contribution < 1.29 is 4.92 Å². The normalized spacial score (nSPS) is 12.2. The van der Waals surface area contributed by atoms with Gasteiger partial charge in [0, 0.05) is 18.7 Å². The molecule has 1 aromatic rings. The number of hydrogen-bond acceptors (Lipinski definition) is 4. The molecule has 5 nitrogen and oxygen atoms in total. The van der Waals surface area contributed by atoms with Gasteiger partial charge in [-0.05, 0) is 25.8 Å². The fraction of sp³-hybridized carbons (Fsp3) is 0.615. The Balaban J connectivity index is 3.19. The Morgan fingerprint density at radius 3 is 2.68 bits per heavy atom. The number of unbranched alkanes of at least 4 members (excludes halogenated alkanes) is 1. The Kier molecular flexibility index (Phi) is 6.02. The molecule has 0 spiro atoms. The van der Waals surface area contributed by atoms with Crippen molar-refractivity contribution in [1.82, 2.24) is 4.98 Å².